The Balaban J connectivity index is 1.45. The molecule has 1 saturated heterocycles. The lowest BCUT2D eigenvalue weighted by atomic mass is 10.1. The summed E-state index contributed by atoms with van der Waals surface area (Å²) >= 11 is 0. The zero-order valence-electron chi connectivity index (χ0n) is 15.1. The molecule has 3 aromatic rings. The number of nitrogens with zero attached hydrogens (tertiary/aromatic N) is 2. The molecule has 6 heteroatoms. The Hall–Kier alpha value is -2.70. The highest BCUT2D eigenvalue weighted by Crippen LogP contribution is 2.18. The van der Waals surface area contributed by atoms with Gasteiger partial charge in [0.25, 0.3) is 0 Å². The van der Waals surface area contributed by atoms with Crippen LogP contribution in [0.3, 0.4) is 0 Å². The quantitative estimate of drug-likeness (QED) is 0.392. The van der Waals surface area contributed by atoms with E-state index >= 15 is 0 Å². The summed E-state index contributed by atoms with van der Waals surface area (Å²) in [6.07, 6.45) is 6.68. The van der Waals surface area contributed by atoms with Crippen LogP contribution in [0.2, 0.25) is 0 Å². The van der Waals surface area contributed by atoms with E-state index in [4.69, 9.17) is 14.3 Å². The summed E-state index contributed by atoms with van der Waals surface area (Å²) in [6.45, 7) is 1.60. The van der Waals surface area contributed by atoms with Crippen molar-refractivity contribution in [2.24, 2.45) is 5.16 Å². The van der Waals surface area contributed by atoms with Gasteiger partial charge in [-0.1, -0.05) is 35.5 Å². The highest BCUT2D eigenvalue weighted by Gasteiger charge is 2.14. The van der Waals surface area contributed by atoms with Crippen LogP contribution >= 0.6 is 0 Å². The third-order valence-corrected chi connectivity index (χ3v) is 4.50. The van der Waals surface area contributed by atoms with Crippen molar-refractivity contribution in [1.82, 2.24) is 9.97 Å². The first-order valence-electron chi connectivity index (χ1n) is 9.32. The number of nitrogens with one attached hydrogen (secondary N) is 1. The first-order chi connectivity index (χ1) is 13.4. The summed E-state index contributed by atoms with van der Waals surface area (Å²) in [4.78, 5) is 13.1. The molecule has 140 valence electrons. The SMILES string of the molecule is c1ccc(/C(=N\OCCOC2CCCCO2)c2cc3ccncc3[nH]2)cc1. The average molecular weight is 365 g/mol. The van der Waals surface area contributed by atoms with Crippen molar-refractivity contribution in [3.63, 3.8) is 0 Å². The molecule has 0 amide bonds. The molecule has 1 N–H and O–H groups in total. The topological polar surface area (TPSA) is 68.7 Å². The summed E-state index contributed by atoms with van der Waals surface area (Å²) in [6, 6.07) is 14.0. The van der Waals surface area contributed by atoms with E-state index in [0.717, 1.165) is 53.7 Å². The molecule has 0 radical (unpaired) electrons. The maximum atomic E-state index is 5.69. The van der Waals surface area contributed by atoms with Gasteiger partial charge in [-0.2, -0.15) is 0 Å². The van der Waals surface area contributed by atoms with Crippen LogP contribution in [0.1, 0.15) is 30.5 Å². The number of benzene rings is 1. The molecule has 0 aliphatic carbocycles. The van der Waals surface area contributed by atoms with Gasteiger partial charge < -0.3 is 19.3 Å². The van der Waals surface area contributed by atoms with Gasteiger partial charge in [0.05, 0.1) is 24.0 Å². The number of ether oxygens (including phenoxy) is 2. The van der Waals surface area contributed by atoms with Gasteiger partial charge >= 0.3 is 0 Å². The number of aromatic nitrogens is 2. The largest absolute Gasteiger partial charge is 0.393 e. The number of H-pyrrole nitrogens is 1. The summed E-state index contributed by atoms with van der Waals surface area (Å²) in [5, 5.41) is 5.47. The molecule has 1 unspecified atom stereocenters. The lowest BCUT2D eigenvalue weighted by Crippen LogP contribution is -2.23. The predicted octanol–water partition coefficient (Wildman–Crippen LogP) is 3.88. The van der Waals surface area contributed by atoms with Crippen molar-refractivity contribution in [3.05, 3.63) is 66.1 Å². The van der Waals surface area contributed by atoms with Crippen LogP contribution in [0.25, 0.3) is 10.9 Å². The van der Waals surface area contributed by atoms with Gasteiger partial charge in [-0.05, 0) is 31.4 Å². The van der Waals surface area contributed by atoms with Crippen LogP contribution in [-0.4, -0.2) is 41.8 Å². The molecule has 2 aromatic heterocycles. The van der Waals surface area contributed by atoms with Crippen molar-refractivity contribution in [3.8, 4) is 0 Å². The third kappa shape index (κ3) is 4.53. The van der Waals surface area contributed by atoms with Crippen LogP contribution < -0.4 is 0 Å². The number of pyridine rings is 1. The smallest absolute Gasteiger partial charge is 0.157 e. The Kier molecular flexibility index (Phi) is 5.76. The maximum Gasteiger partial charge on any atom is 0.157 e. The minimum Gasteiger partial charge on any atom is -0.393 e. The zero-order valence-corrected chi connectivity index (χ0v) is 15.1. The fourth-order valence-electron chi connectivity index (χ4n) is 3.12. The number of hydrogen-bond donors (Lipinski definition) is 1. The van der Waals surface area contributed by atoms with Crippen molar-refractivity contribution >= 4 is 16.6 Å². The Morgan fingerprint density at radius 3 is 2.93 bits per heavy atom. The highest BCUT2D eigenvalue weighted by atomic mass is 16.7. The van der Waals surface area contributed by atoms with Crippen LogP contribution in [-0.2, 0) is 14.3 Å². The number of oxime groups is 1. The number of rotatable bonds is 7. The zero-order chi connectivity index (χ0) is 18.3. The second-order valence-corrected chi connectivity index (χ2v) is 6.45. The van der Waals surface area contributed by atoms with Gasteiger partial charge in [0.1, 0.15) is 12.3 Å². The minimum atomic E-state index is -0.110. The summed E-state index contributed by atoms with van der Waals surface area (Å²) < 4.78 is 11.2. The summed E-state index contributed by atoms with van der Waals surface area (Å²) in [5.41, 5.74) is 3.59. The van der Waals surface area contributed by atoms with Gasteiger partial charge in [0, 0.05) is 23.8 Å². The predicted molar refractivity (Wildman–Crippen MR) is 104 cm³/mol. The lowest BCUT2D eigenvalue weighted by Gasteiger charge is -2.22. The molecule has 1 atom stereocenters. The maximum absolute atomic E-state index is 5.69. The van der Waals surface area contributed by atoms with Gasteiger partial charge in [0.15, 0.2) is 6.29 Å². The third-order valence-electron chi connectivity index (χ3n) is 4.50. The van der Waals surface area contributed by atoms with Crippen molar-refractivity contribution in [2.75, 3.05) is 19.8 Å². The normalized spacial score (nSPS) is 17.9. The van der Waals surface area contributed by atoms with E-state index in [1.165, 1.54) is 0 Å². The second-order valence-electron chi connectivity index (χ2n) is 6.45. The molecule has 0 spiro atoms. The molecule has 1 fully saturated rings. The van der Waals surface area contributed by atoms with E-state index in [0.29, 0.717) is 13.2 Å². The Labute approximate surface area is 158 Å². The molecular formula is C21H23N3O3. The molecule has 1 aliphatic rings. The fraction of sp³-hybridized carbons (Fsp3) is 0.333. The first-order valence-corrected chi connectivity index (χ1v) is 9.32. The highest BCUT2D eigenvalue weighted by molar-refractivity contribution is 6.13. The second kappa shape index (κ2) is 8.79. The van der Waals surface area contributed by atoms with Gasteiger partial charge in [-0.15, -0.1) is 0 Å². The van der Waals surface area contributed by atoms with E-state index in [9.17, 15) is 0 Å². The molecule has 0 saturated carbocycles. The summed E-state index contributed by atoms with van der Waals surface area (Å²) in [5.74, 6) is 0. The van der Waals surface area contributed by atoms with E-state index < -0.39 is 0 Å². The van der Waals surface area contributed by atoms with Crippen LogP contribution in [0.15, 0.2) is 60.0 Å². The first kappa shape index (κ1) is 17.7. The molecule has 6 nitrogen and oxygen atoms in total. The lowest BCUT2D eigenvalue weighted by molar-refractivity contribution is -0.169. The van der Waals surface area contributed by atoms with Gasteiger partial charge in [-0.3, -0.25) is 4.98 Å². The van der Waals surface area contributed by atoms with E-state index in [2.05, 4.69) is 21.2 Å². The number of hydrogen-bond acceptors (Lipinski definition) is 5. The fourth-order valence-corrected chi connectivity index (χ4v) is 3.12. The van der Waals surface area contributed by atoms with E-state index in [1.54, 1.807) is 12.4 Å². The standard InChI is InChI=1S/C21H23N3O3/c1-2-6-16(7-3-1)21(18-14-17-9-10-22-15-19(17)23-18)24-27-13-12-26-20-8-4-5-11-25-20/h1-3,6-7,9-10,14-15,20,23H,4-5,8,11-13H2/b24-21+. The molecule has 3 heterocycles. The van der Waals surface area contributed by atoms with Crippen LogP contribution in [0, 0.1) is 0 Å². The number of fused-ring (bicyclic) bond motifs is 1. The van der Waals surface area contributed by atoms with E-state index in [1.807, 2.05) is 36.4 Å². The van der Waals surface area contributed by atoms with Gasteiger partial charge in [0.2, 0.25) is 0 Å². The van der Waals surface area contributed by atoms with Crippen molar-refractivity contribution in [2.45, 2.75) is 25.6 Å². The van der Waals surface area contributed by atoms with Crippen LogP contribution in [0.5, 0.6) is 0 Å². The molecule has 1 aliphatic heterocycles. The Morgan fingerprint density at radius 2 is 2.11 bits per heavy atom. The molecule has 4 rings (SSSR count). The Bertz CT molecular complexity index is 853. The Morgan fingerprint density at radius 1 is 1.19 bits per heavy atom. The van der Waals surface area contributed by atoms with Crippen molar-refractivity contribution < 1.29 is 14.3 Å². The van der Waals surface area contributed by atoms with Crippen molar-refractivity contribution in [1.29, 1.82) is 0 Å². The monoisotopic (exact) mass is 365 g/mol. The molecule has 27 heavy (non-hydrogen) atoms. The van der Waals surface area contributed by atoms with Gasteiger partial charge in [-0.25, -0.2) is 0 Å². The number of aromatic amines is 1. The molecule has 1 aromatic carbocycles. The molecular weight excluding hydrogens is 342 g/mol. The van der Waals surface area contributed by atoms with Crippen LogP contribution in [0.4, 0.5) is 0 Å². The summed E-state index contributed by atoms with van der Waals surface area (Å²) in [7, 11) is 0. The van der Waals surface area contributed by atoms with E-state index in [-0.39, 0.29) is 6.29 Å². The average Bonchev–Trinajstić information content (AvgIpc) is 3.16. The molecule has 0 bridgehead atoms. The minimum absolute atomic E-state index is 0.110.